The number of nitrogens with zero attached hydrogens (tertiary/aromatic N) is 1. The van der Waals surface area contributed by atoms with E-state index in [1.54, 1.807) is 0 Å². The van der Waals surface area contributed by atoms with E-state index in [1.807, 2.05) is 13.8 Å². The van der Waals surface area contributed by atoms with Crippen molar-refractivity contribution in [2.45, 2.75) is 38.8 Å². The lowest BCUT2D eigenvalue weighted by molar-refractivity contribution is -0.119. The lowest BCUT2D eigenvalue weighted by Gasteiger charge is -2.29. The lowest BCUT2D eigenvalue weighted by Crippen LogP contribution is -2.50. The highest BCUT2D eigenvalue weighted by atomic mass is 19.1. The van der Waals surface area contributed by atoms with E-state index in [9.17, 15) is 9.18 Å². The van der Waals surface area contributed by atoms with Crippen LogP contribution in [0.4, 0.5) is 10.2 Å². The summed E-state index contributed by atoms with van der Waals surface area (Å²) in [7, 11) is 0. The first-order chi connectivity index (χ1) is 10.1. The van der Waals surface area contributed by atoms with Crippen LogP contribution in [0.25, 0.3) is 0 Å². The van der Waals surface area contributed by atoms with Gasteiger partial charge in [0.2, 0.25) is 5.91 Å². The van der Waals surface area contributed by atoms with Crippen molar-refractivity contribution in [1.82, 2.24) is 10.3 Å². The van der Waals surface area contributed by atoms with Gasteiger partial charge in [0.25, 0.3) is 0 Å². The minimum atomic E-state index is -0.422. The molecule has 5 nitrogen and oxygen atoms in total. The Kier molecular flexibility index (Phi) is 5.64. The molecule has 1 aliphatic heterocycles. The largest absolute Gasteiger partial charge is 0.381 e. The minimum Gasteiger partial charge on any atom is -0.381 e. The summed E-state index contributed by atoms with van der Waals surface area (Å²) in [5, 5.41) is 6.12. The zero-order valence-electron chi connectivity index (χ0n) is 12.4. The molecule has 0 saturated carbocycles. The van der Waals surface area contributed by atoms with E-state index in [0.717, 1.165) is 32.3 Å². The Morgan fingerprint density at radius 2 is 2.10 bits per heavy atom. The summed E-state index contributed by atoms with van der Waals surface area (Å²) >= 11 is 0. The number of carbonyl (C=O) groups excluding carboxylic acids is 1. The van der Waals surface area contributed by atoms with Crippen LogP contribution in [-0.4, -0.2) is 36.2 Å². The van der Waals surface area contributed by atoms with E-state index in [-0.39, 0.29) is 23.9 Å². The number of amides is 1. The highest BCUT2D eigenvalue weighted by molar-refractivity contribution is 5.94. The number of halogens is 1. The van der Waals surface area contributed by atoms with Gasteiger partial charge in [-0.25, -0.2) is 9.37 Å². The quantitative estimate of drug-likeness (QED) is 0.871. The maximum absolute atomic E-state index is 12.8. The van der Waals surface area contributed by atoms with Crippen molar-refractivity contribution in [2.24, 2.45) is 5.92 Å². The van der Waals surface area contributed by atoms with Gasteiger partial charge in [-0.1, -0.05) is 13.8 Å². The average Bonchev–Trinajstić information content (AvgIpc) is 2.48. The Bertz CT molecular complexity index is 458. The molecule has 1 aliphatic rings. The predicted molar refractivity (Wildman–Crippen MR) is 78.4 cm³/mol. The monoisotopic (exact) mass is 295 g/mol. The van der Waals surface area contributed by atoms with Crippen molar-refractivity contribution in [1.29, 1.82) is 0 Å². The SMILES string of the molecule is CC(C)[C@@H](NC1CCOCC1)C(=O)Nc1ccc(F)cn1. The number of nitrogens with one attached hydrogen (secondary N) is 2. The van der Waals surface area contributed by atoms with Crippen molar-refractivity contribution in [2.75, 3.05) is 18.5 Å². The van der Waals surface area contributed by atoms with Crippen LogP contribution in [0.1, 0.15) is 26.7 Å². The molecule has 1 amide bonds. The summed E-state index contributed by atoms with van der Waals surface area (Å²) in [5.74, 6) is -0.0570. The molecular weight excluding hydrogens is 273 g/mol. The van der Waals surface area contributed by atoms with Crippen LogP contribution in [-0.2, 0) is 9.53 Å². The van der Waals surface area contributed by atoms with Gasteiger partial charge >= 0.3 is 0 Å². The fraction of sp³-hybridized carbons (Fsp3) is 0.600. The molecule has 0 spiro atoms. The molecular formula is C15H22FN3O2. The topological polar surface area (TPSA) is 63.2 Å². The number of hydrogen-bond donors (Lipinski definition) is 2. The Labute approximate surface area is 124 Å². The third-order valence-electron chi connectivity index (χ3n) is 3.56. The van der Waals surface area contributed by atoms with Crippen LogP contribution in [0.2, 0.25) is 0 Å². The minimum absolute atomic E-state index is 0.143. The van der Waals surface area contributed by atoms with E-state index in [2.05, 4.69) is 15.6 Å². The van der Waals surface area contributed by atoms with Crippen LogP contribution < -0.4 is 10.6 Å². The number of rotatable bonds is 5. The van der Waals surface area contributed by atoms with Crippen LogP contribution >= 0.6 is 0 Å². The fourth-order valence-corrected chi connectivity index (χ4v) is 2.34. The number of carbonyl (C=O) groups is 1. The molecule has 0 aliphatic carbocycles. The summed E-state index contributed by atoms with van der Waals surface area (Å²) < 4.78 is 18.1. The van der Waals surface area contributed by atoms with Gasteiger partial charge in [0.15, 0.2) is 0 Å². The second-order valence-electron chi connectivity index (χ2n) is 5.63. The molecule has 116 valence electrons. The van der Waals surface area contributed by atoms with Crippen LogP contribution in [0, 0.1) is 11.7 Å². The average molecular weight is 295 g/mol. The summed E-state index contributed by atoms with van der Waals surface area (Å²) in [6.45, 7) is 5.44. The number of anilines is 1. The molecule has 1 aromatic rings. The third-order valence-corrected chi connectivity index (χ3v) is 3.56. The molecule has 1 fully saturated rings. The van der Waals surface area contributed by atoms with Crippen LogP contribution in [0.5, 0.6) is 0 Å². The molecule has 1 saturated heterocycles. The molecule has 1 aromatic heterocycles. The molecule has 0 bridgehead atoms. The zero-order chi connectivity index (χ0) is 15.2. The Hall–Kier alpha value is -1.53. The van der Waals surface area contributed by atoms with Crippen molar-refractivity contribution in [3.8, 4) is 0 Å². The first-order valence-electron chi connectivity index (χ1n) is 7.32. The van der Waals surface area contributed by atoms with E-state index in [1.165, 1.54) is 12.1 Å². The van der Waals surface area contributed by atoms with Gasteiger partial charge in [0.1, 0.15) is 11.6 Å². The van der Waals surface area contributed by atoms with Gasteiger partial charge in [-0.05, 0) is 30.9 Å². The Balaban J connectivity index is 1.96. The molecule has 2 heterocycles. The van der Waals surface area contributed by atoms with Gasteiger partial charge in [-0.2, -0.15) is 0 Å². The van der Waals surface area contributed by atoms with Crippen LogP contribution in [0.3, 0.4) is 0 Å². The second-order valence-corrected chi connectivity index (χ2v) is 5.63. The molecule has 0 unspecified atom stereocenters. The van der Waals surface area contributed by atoms with Crippen molar-refractivity contribution in [3.05, 3.63) is 24.1 Å². The maximum Gasteiger partial charge on any atom is 0.242 e. The van der Waals surface area contributed by atoms with Gasteiger partial charge in [0.05, 0.1) is 12.2 Å². The number of ether oxygens (including phenoxy) is 1. The Morgan fingerprint density at radius 1 is 1.38 bits per heavy atom. The molecule has 0 radical (unpaired) electrons. The highest BCUT2D eigenvalue weighted by Gasteiger charge is 2.26. The van der Waals surface area contributed by atoms with E-state index >= 15 is 0 Å². The predicted octanol–water partition coefficient (Wildman–Crippen LogP) is 1.95. The van der Waals surface area contributed by atoms with Gasteiger partial charge < -0.3 is 15.4 Å². The van der Waals surface area contributed by atoms with E-state index < -0.39 is 5.82 Å². The first kappa shape index (κ1) is 15.9. The van der Waals surface area contributed by atoms with Crippen molar-refractivity contribution < 1.29 is 13.9 Å². The molecule has 1 atom stereocenters. The van der Waals surface area contributed by atoms with Crippen molar-refractivity contribution >= 4 is 11.7 Å². The van der Waals surface area contributed by atoms with E-state index in [0.29, 0.717) is 5.82 Å². The summed E-state index contributed by atoms with van der Waals surface area (Å²) in [5.41, 5.74) is 0. The van der Waals surface area contributed by atoms with Crippen molar-refractivity contribution in [3.63, 3.8) is 0 Å². The highest BCUT2D eigenvalue weighted by Crippen LogP contribution is 2.13. The second kappa shape index (κ2) is 7.47. The Morgan fingerprint density at radius 3 is 2.67 bits per heavy atom. The van der Waals surface area contributed by atoms with Gasteiger partial charge in [-0.15, -0.1) is 0 Å². The number of pyridine rings is 1. The summed E-state index contributed by atoms with van der Waals surface area (Å²) in [6.07, 6.45) is 2.91. The maximum atomic E-state index is 12.8. The van der Waals surface area contributed by atoms with Crippen LogP contribution in [0.15, 0.2) is 18.3 Å². The summed E-state index contributed by atoms with van der Waals surface area (Å²) in [4.78, 5) is 16.2. The lowest BCUT2D eigenvalue weighted by atomic mass is 10.00. The molecule has 2 rings (SSSR count). The van der Waals surface area contributed by atoms with Gasteiger partial charge in [0, 0.05) is 19.3 Å². The normalized spacial score (nSPS) is 17.7. The molecule has 6 heteroatoms. The van der Waals surface area contributed by atoms with Gasteiger partial charge in [-0.3, -0.25) is 4.79 Å². The zero-order valence-corrected chi connectivity index (χ0v) is 12.4. The number of aromatic nitrogens is 1. The standard InChI is InChI=1S/C15H22FN3O2/c1-10(2)14(18-12-5-7-21-8-6-12)15(20)19-13-4-3-11(16)9-17-13/h3-4,9-10,12,14,18H,5-8H2,1-2H3,(H,17,19,20)/t14-/m1/s1. The molecule has 2 N–H and O–H groups in total. The smallest absolute Gasteiger partial charge is 0.242 e. The first-order valence-corrected chi connectivity index (χ1v) is 7.32. The molecule has 21 heavy (non-hydrogen) atoms. The van der Waals surface area contributed by atoms with E-state index in [4.69, 9.17) is 4.74 Å². The fourth-order valence-electron chi connectivity index (χ4n) is 2.34. The third kappa shape index (κ3) is 4.75. The number of hydrogen-bond acceptors (Lipinski definition) is 4. The summed E-state index contributed by atoms with van der Waals surface area (Å²) in [6, 6.07) is 2.72. The molecule has 0 aromatic carbocycles.